The average molecular weight is 450 g/mol. The predicted molar refractivity (Wildman–Crippen MR) is 114 cm³/mol. The number of amides is 1. The molecule has 0 spiro atoms. The van der Waals surface area contributed by atoms with E-state index in [-0.39, 0.29) is 5.91 Å². The Labute approximate surface area is 173 Å². The lowest BCUT2D eigenvalue weighted by molar-refractivity contribution is -0.131. The number of nitrogens with one attached hydrogen (secondary N) is 1. The van der Waals surface area contributed by atoms with Crippen LogP contribution < -0.4 is 19.8 Å². The number of methoxy groups -OCH3 is 3. The minimum atomic E-state index is -0.772. The van der Waals surface area contributed by atoms with Gasteiger partial charge >= 0.3 is 0 Å². The summed E-state index contributed by atoms with van der Waals surface area (Å²) in [5.74, 6) is 0.829. The van der Waals surface area contributed by atoms with Crippen molar-refractivity contribution in [3.8, 4) is 11.5 Å². The van der Waals surface area contributed by atoms with Crippen LogP contribution in [0.4, 0.5) is 5.69 Å². The first kappa shape index (κ1) is 21.7. The first-order valence-corrected chi connectivity index (χ1v) is 9.25. The molecule has 0 heterocycles. The molecule has 0 saturated heterocycles. The quantitative estimate of drug-likeness (QED) is 0.493. The number of benzene rings is 2. The van der Waals surface area contributed by atoms with Gasteiger partial charge in [-0.3, -0.25) is 4.79 Å². The molecule has 0 aliphatic rings. The summed E-state index contributed by atoms with van der Waals surface area (Å²) >= 11 is 3.41. The molecule has 0 aliphatic heterocycles. The fraction of sp³-hybridized carbons (Fsp3) is 0.300. The van der Waals surface area contributed by atoms with Crippen LogP contribution >= 0.6 is 15.9 Å². The number of hydrazone groups is 1. The van der Waals surface area contributed by atoms with Gasteiger partial charge < -0.3 is 19.1 Å². The molecular formula is C20H24BrN3O4. The maximum atomic E-state index is 12.5. The Morgan fingerprint density at radius 1 is 1.14 bits per heavy atom. The van der Waals surface area contributed by atoms with E-state index in [0.29, 0.717) is 21.5 Å². The zero-order valence-electron chi connectivity index (χ0n) is 16.5. The Morgan fingerprint density at radius 2 is 1.79 bits per heavy atom. The van der Waals surface area contributed by atoms with Crippen molar-refractivity contribution in [1.29, 1.82) is 0 Å². The van der Waals surface area contributed by atoms with Crippen molar-refractivity contribution in [2.75, 3.05) is 40.3 Å². The summed E-state index contributed by atoms with van der Waals surface area (Å²) in [6.45, 7) is 0. The van der Waals surface area contributed by atoms with Crippen molar-refractivity contribution in [1.82, 2.24) is 5.43 Å². The molecule has 2 aromatic rings. The van der Waals surface area contributed by atoms with Crippen LogP contribution in [0, 0.1) is 0 Å². The minimum Gasteiger partial charge on any atom is -0.495 e. The molecule has 2 rings (SSSR count). The lowest BCUT2D eigenvalue weighted by Crippen LogP contribution is -2.26. The molecule has 0 aliphatic carbocycles. The monoisotopic (exact) mass is 449 g/mol. The zero-order valence-corrected chi connectivity index (χ0v) is 18.1. The fourth-order valence-corrected chi connectivity index (χ4v) is 3.11. The standard InChI is InChI=1S/C20H24BrN3O4/c1-24(2)15-8-6-7-14(11-15)19(28-5)20(25)23-22-12-13-9-16(26-3)18(21)17(10-13)27-4/h6-12,19H,1-5H3,(H,23,25)/b22-12+. The third-order valence-electron chi connectivity index (χ3n) is 4.02. The highest BCUT2D eigenvalue weighted by Gasteiger charge is 2.20. The van der Waals surface area contributed by atoms with Crippen molar-refractivity contribution in [2.45, 2.75) is 6.10 Å². The van der Waals surface area contributed by atoms with Crippen molar-refractivity contribution in [3.05, 3.63) is 52.0 Å². The molecule has 7 nitrogen and oxygen atoms in total. The normalized spacial score (nSPS) is 11.9. The van der Waals surface area contributed by atoms with E-state index in [4.69, 9.17) is 14.2 Å². The highest BCUT2D eigenvalue weighted by Crippen LogP contribution is 2.35. The van der Waals surface area contributed by atoms with Crippen molar-refractivity contribution >= 4 is 33.7 Å². The number of anilines is 1. The molecule has 0 bridgehead atoms. The van der Waals surface area contributed by atoms with E-state index in [9.17, 15) is 4.79 Å². The molecule has 150 valence electrons. The molecular weight excluding hydrogens is 426 g/mol. The molecule has 0 saturated carbocycles. The van der Waals surface area contributed by atoms with Gasteiger partial charge in [0.1, 0.15) is 16.0 Å². The molecule has 8 heteroatoms. The highest BCUT2D eigenvalue weighted by molar-refractivity contribution is 9.10. The van der Waals surface area contributed by atoms with Crippen LogP contribution in [0.2, 0.25) is 0 Å². The Hall–Kier alpha value is -2.58. The van der Waals surface area contributed by atoms with Gasteiger partial charge in [-0.25, -0.2) is 5.43 Å². The maximum Gasteiger partial charge on any atom is 0.273 e. The summed E-state index contributed by atoms with van der Waals surface area (Å²) in [6, 6.07) is 11.1. The number of ether oxygens (including phenoxy) is 3. The number of hydrogen-bond donors (Lipinski definition) is 1. The fourth-order valence-electron chi connectivity index (χ4n) is 2.55. The molecule has 1 atom stereocenters. The first-order chi connectivity index (χ1) is 13.4. The van der Waals surface area contributed by atoms with E-state index in [2.05, 4.69) is 26.5 Å². The zero-order chi connectivity index (χ0) is 20.7. The minimum absolute atomic E-state index is 0.370. The van der Waals surface area contributed by atoms with Crippen LogP contribution in [0.25, 0.3) is 0 Å². The van der Waals surface area contributed by atoms with E-state index in [0.717, 1.165) is 11.3 Å². The van der Waals surface area contributed by atoms with Crippen LogP contribution in [-0.2, 0) is 9.53 Å². The van der Waals surface area contributed by atoms with Crippen molar-refractivity contribution in [3.63, 3.8) is 0 Å². The summed E-state index contributed by atoms with van der Waals surface area (Å²) < 4.78 is 16.7. The average Bonchev–Trinajstić information content (AvgIpc) is 2.69. The smallest absolute Gasteiger partial charge is 0.273 e. The summed E-state index contributed by atoms with van der Waals surface area (Å²) in [5, 5.41) is 4.03. The number of rotatable bonds is 8. The van der Waals surface area contributed by atoms with E-state index < -0.39 is 6.10 Å². The molecule has 1 N–H and O–H groups in total. The van der Waals surface area contributed by atoms with E-state index in [1.54, 1.807) is 26.4 Å². The van der Waals surface area contributed by atoms with Crippen LogP contribution in [-0.4, -0.2) is 47.5 Å². The molecule has 2 aromatic carbocycles. The molecule has 0 fully saturated rings. The van der Waals surface area contributed by atoms with Gasteiger partial charge in [-0.15, -0.1) is 0 Å². The van der Waals surface area contributed by atoms with Gasteiger partial charge in [0.15, 0.2) is 6.10 Å². The number of hydrogen-bond acceptors (Lipinski definition) is 6. The summed E-state index contributed by atoms with van der Waals surface area (Å²) in [7, 11) is 8.49. The number of halogens is 1. The van der Waals surface area contributed by atoms with Crippen LogP contribution in [0.3, 0.4) is 0 Å². The largest absolute Gasteiger partial charge is 0.495 e. The van der Waals surface area contributed by atoms with Crippen LogP contribution in [0.15, 0.2) is 46.0 Å². The van der Waals surface area contributed by atoms with Gasteiger partial charge in [-0.2, -0.15) is 5.10 Å². The topological polar surface area (TPSA) is 72.4 Å². The molecule has 0 aromatic heterocycles. The third-order valence-corrected chi connectivity index (χ3v) is 4.80. The van der Waals surface area contributed by atoms with Crippen LogP contribution in [0.5, 0.6) is 11.5 Å². The number of carbonyl (C=O) groups excluding carboxylic acids is 1. The lowest BCUT2D eigenvalue weighted by atomic mass is 10.1. The molecule has 0 radical (unpaired) electrons. The second-order valence-electron chi connectivity index (χ2n) is 6.08. The van der Waals surface area contributed by atoms with Gasteiger partial charge in [0.25, 0.3) is 5.91 Å². The summed E-state index contributed by atoms with van der Waals surface area (Å²) in [6.07, 6.45) is 0.740. The van der Waals surface area contributed by atoms with Gasteiger partial charge in [0.2, 0.25) is 0 Å². The molecule has 1 unspecified atom stereocenters. The Morgan fingerprint density at radius 3 is 2.32 bits per heavy atom. The Kier molecular flexibility index (Phi) is 7.83. The number of carbonyl (C=O) groups is 1. The first-order valence-electron chi connectivity index (χ1n) is 8.45. The van der Waals surface area contributed by atoms with Gasteiger partial charge in [0, 0.05) is 32.5 Å². The van der Waals surface area contributed by atoms with Crippen LogP contribution in [0.1, 0.15) is 17.2 Å². The highest BCUT2D eigenvalue weighted by atomic mass is 79.9. The lowest BCUT2D eigenvalue weighted by Gasteiger charge is -2.17. The molecule has 28 heavy (non-hydrogen) atoms. The second kappa shape index (κ2) is 10.1. The third kappa shape index (κ3) is 5.24. The van der Waals surface area contributed by atoms with Gasteiger partial charge in [0.05, 0.1) is 20.4 Å². The molecule has 1 amide bonds. The van der Waals surface area contributed by atoms with Gasteiger partial charge in [-0.1, -0.05) is 12.1 Å². The SMILES string of the molecule is COc1cc(/C=N/NC(=O)C(OC)c2cccc(N(C)C)c2)cc(OC)c1Br. The Balaban J connectivity index is 2.15. The Bertz CT molecular complexity index is 830. The van der Waals surface area contributed by atoms with Gasteiger partial charge in [-0.05, 0) is 45.8 Å². The summed E-state index contributed by atoms with van der Waals surface area (Å²) in [5.41, 5.74) is 4.95. The van der Waals surface area contributed by atoms with Crippen molar-refractivity contribution in [2.24, 2.45) is 5.10 Å². The van der Waals surface area contributed by atoms with E-state index >= 15 is 0 Å². The predicted octanol–water partition coefficient (Wildman–Crippen LogP) is 3.37. The second-order valence-corrected chi connectivity index (χ2v) is 6.87. The number of nitrogens with zero attached hydrogens (tertiary/aromatic N) is 2. The van der Waals surface area contributed by atoms with E-state index in [1.165, 1.54) is 13.3 Å². The van der Waals surface area contributed by atoms with E-state index in [1.807, 2.05) is 43.3 Å². The maximum absolute atomic E-state index is 12.5. The van der Waals surface area contributed by atoms with Crippen molar-refractivity contribution < 1.29 is 19.0 Å². The summed E-state index contributed by atoms with van der Waals surface area (Å²) in [4.78, 5) is 14.5.